The predicted octanol–water partition coefficient (Wildman–Crippen LogP) is 4.64. The Morgan fingerprint density at radius 2 is 1.31 bits per heavy atom. The topological polar surface area (TPSA) is 0 Å². The molecular formula is C12H25P. The quantitative estimate of drug-likeness (QED) is 0.450. The number of rotatable bonds is 2. The van der Waals surface area contributed by atoms with Crippen molar-refractivity contribution in [3.05, 3.63) is 12.2 Å². The lowest BCUT2D eigenvalue weighted by atomic mass is 10.2. The van der Waals surface area contributed by atoms with E-state index in [1.807, 2.05) is 0 Å². The molecule has 0 spiro atoms. The highest BCUT2D eigenvalue weighted by atomic mass is 31.1. The Morgan fingerprint density at radius 3 is 1.38 bits per heavy atom. The van der Waals surface area contributed by atoms with E-state index < -0.39 is 0 Å². The molecule has 0 aromatic rings. The maximum atomic E-state index is 4.04. The van der Waals surface area contributed by atoms with Gasteiger partial charge in [0.05, 0.1) is 0 Å². The molecule has 0 nitrogen and oxygen atoms in total. The van der Waals surface area contributed by atoms with E-state index in [-0.39, 0.29) is 7.92 Å². The Balaban J connectivity index is 4.68. The van der Waals surface area contributed by atoms with Crippen LogP contribution in [0.25, 0.3) is 0 Å². The molecule has 0 unspecified atom stereocenters. The minimum atomic E-state index is 0.0183. The van der Waals surface area contributed by atoms with Gasteiger partial charge in [-0.1, -0.05) is 61.6 Å². The van der Waals surface area contributed by atoms with Crippen LogP contribution < -0.4 is 0 Å². The summed E-state index contributed by atoms with van der Waals surface area (Å²) in [5.74, 6) is 0. The van der Waals surface area contributed by atoms with E-state index in [1.165, 1.54) is 11.7 Å². The summed E-state index contributed by atoms with van der Waals surface area (Å²) in [6.45, 7) is 20.3. The van der Waals surface area contributed by atoms with Gasteiger partial charge in [0.2, 0.25) is 0 Å². The molecule has 0 saturated heterocycles. The van der Waals surface area contributed by atoms with Gasteiger partial charge in [0.25, 0.3) is 0 Å². The zero-order valence-electron chi connectivity index (χ0n) is 10.4. The van der Waals surface area contributed by atoms with Crippen LogP contribution in [-0.2, 0) is 0 Å². The van der Waals surface area contributed by atoms with Crippen molar-refractivity contribution >= 4 is 7.92 Å². The van der Waals surface area contributed by atoms with Gasteiger partial charge in [0.1, 0.15) is 0 Å². The summed E-state index contributed by atoms with van der Waals surface area (Å²) in [7, 11) is 0.0183. The Morgan fingerprint density at radius 1 is 1.00 bits per heavy atom. The second-order valence-electron chi connectivity index (χ2n) is 5.88. The molecule has 0 saturated carbocycles. The number of allylic oxidation sites excluding steroid dienone is 1. The third-order valence-electron chi connectivity index (χ3n) is 2.05. The molecule has 0 atom stereocenters. The van der Waals surface area contributed by atoms with Crippen LogP contribution in [0.5, 0.6) is 0 Å². The molecule has 0 aliphatic carbocycles. The molecule has 0 rings (SSSR count). The van der Waals surface area contributed by atoms with Gasteiger partial charge in [0.15, 0.2) is 0 Å². The van der Waals surface area contributed by atoms with Gasteiger partial charge in [-0.05, 0) is 23.4 Å². The lowest BCUT2D eigenvalue weighted by Gasteiger charge is -2.41. The minimum Gasteiger partial charge on any atom is -0.0998 e. The maximum absolute atomic E-state index is 4.04. The van der Waals surface area contributed by atoms with Crippen LogP contribution in [0, 0.1) is 0 Å². The Bertz CT molecular complexity index is 164. The number of hydrogen-bond acceptors (Lipinski definition) is 0. The minimum absolute atomic E-state index is 0.0183. The second-order valence-corrected chi connectivity index (χ2v) is 9.74. The standard InChI is InChI=1S/C12H25P/c1-10(2)9-13(11(3,4)5)12(6,7)8/h1,9H2,2-8H3. The van der Waals surface area contributed by atoms with E-state index in [0.717, 1.165) is 0 Å². The van der Waals surface area contributed by atoms with Crippen molar-refractivity contribution < 1.29 is 0 Å². The van der Waals surface area contributed by atoms with E-state index >= 15 is 0 Å². The van der Waals surface area contributed by atoms with E-state index in [1.54, 1.807) is 0 Å². The van der Waals surface area contributed by atoms with Crippen molar-refractivity contribution in [2.45, 2.75) is 58.8 Å². The van der Waals surface area contributed by atoms with Gasteiger partial charge >= 0.3 is 0 Å². The van der Waals surface area contributed by atoms with Gasteiger partial charge in [-0.25, -0.2) is 0 Å². The zero-order valence-corrected chi connectivity index (χ0v) is 11.3. The van der Waals surface area contributed by atoms with Crippen LogP contribution in [0.2, 0.25) is 0 Å². The van der Waals surface area contributed by atoms with E-state index in [9.17, 15) is 0 Å². The Labute approximate surface area is 85.6 Å². The van der Waals surface area contributed by atoms with E-state index in [2.05, 4.69) is 55.0 Å². The first kappa shape index (κ1) is 13.2. The molecule has 0 N–H and O–H groups in total. The zero-order chi connectivity index (χ0) is 10.9. The summed E-state index contributed by atoms with van der Waals surface area (Å²) in [6.07, 6.45) is 1.21. The van der Waals surface area contributed by atoms with Gasteiger partial charge in [0, 0.05) is 0 Å². The molecular weight excluding hydrogens is 175 g/mol. The molecule has 13 heavy (non-hydrogen) atoms. The predicted molar refractivity (Wildman–Crippen MR) is 66.1 cm³/mol. The van der Waals surface area contributed by atoms with Crippen molar-refractivity contribution in [2.75, 3.05) is 6.16 Å². The maximum Gasteiger partial charge on any atom is -0.0110 e. The molecule has 0 aliphatic heterocycles. The summed E-state index contributed by atoms with van der Waals surface area (Å²) in [4.78, 5) is 0. The fraction of sp³-hybridized carbons (Fsp3) is 0.833. The first-order valence-corrected chi connectivity index (χ1v) is 6.50. The fourth-order valence-electron chi connectivity index (χ4n) is 1.75. The lowest BCUT2D eigenvalue weighted by molar-refractivity contribution is 0.706. The van der Waals surface area contributed by atoms with Gasteiger partial charge in [-0.15, -0.1) is 0 Å². The normalized spacial score (nSPS) is 13.5. The van der Waals surface area contributed by atoms with Crippen molar-refractivity contribution in [2.24, 2.45) is 0 Å². The monoisotopic (exact) mass is 200 g/mol. The first-order chi connectivity index (χ1) is 5.55. The third kappa shape index (κ3) is 4.81. The number of hydrogen-bond donors (Lipinski definition) is 0. The van der Waals surface area contributed by atoms with Gasteiger partial charge < -0.3 is 0 Å². The average Bonchev–Trinajstić information content (AvgIpc) is 1.77. The SMILES string of the molecule is C=C(C)CP(C(C)(C)C)C(C)(C)C. The van der Waals surface area contributed by atoms with Crippen LogP contribution in [0.3, 0.4) is 0 Å². The highest BCUT2D eigenvalue weighted by Crippen LogP contribution is 2.59. The summed E-state index contributed by atoms with van der Waals surface area (Å²) in [5, 5.41) is 0.874. The molecule has 0 amide bonds. The van der Waals surface area contributed by atoms with Crippen molar-refractivity contribution in [3.63, 3.8) is 0 Å². The molecule has 0 aromatic carbocycles. The summed E-state index contributed by atoms with van der Waals surface area (Å²) in [5.41, 5.74) is 1.33. The summed E-state index contributed by atoms with van der Waals surface area (Å²) >= 11 is 0. The van der Waals surface area contributed by atoms with Crippen molar-refractivity contribution in [3.8, 4) is 0 Å². The fourth-order valence-corrected chi connectivity index (χ4v) is 5.25. The highest BCUT2D eigenvalue weighted by Gasteiger charge is 2.33. The first-order valence-electron chi connectivity index (χ1n) is 4.97. The molecule has 0 fully saturated rings. The largest absolute Gasteiger partial charge is 0.0998 e. The molecule has 0 aromatic heterocycles. The highest BCUT2D eigenvalue weighted by molar-refractivity contribution is 7.61. The molecule has 0 radical (unpaired) electrons. The third-order valence-corrected chi connectivity index (χ3v) is 6.14. The van der Waals surface area contributed by atoms with Crippen LogP contribution in [0.15, 0.2) is 12.2 Å². The molecule has 0 heterocycles. The molecule has 1 heteroatoms. The van der Waals surface area contributed by atoms with Crippen LogP contribution >= 0.6 is 7.92 Å². The van der Waals surface area contributed by atoms with Crippen molar-refractivity contribution in [1.82, 2.24) is 0 Å². The van der Waals surface area contributed by atoms with E-state index in [0.29, 0.717) is 10.3 Å². The van der Waals surface area contributed by atoms with Gasteiger partial charge in [-0.3, -0.25) is 0 Å². The summed E-state index contributed by atoms with van der Waals surface area (Å²) < 4.78 is 0. The Hall–Kier alpha value is 0.170. The smallest absolute Gasteiger partial charge is 0.0110 e. The Kier molecular flexibility index (Phi) is 4.19. The molecule has 78 valence electrons. The second kappa shape index (κ2) is 4.13. The average molecular weight is 200 g/mol. The molecule has 0 bridgehead atoms. The van der Waals surface area contributed by atoms with Crippen LogP contribution in [-0.4, -0.2) is 16.5 Å². The summed E-state index contributed by atoms with van der Waals surface area (Å²) in [6, 6.07) is 0. The van der Waals surface area contributed by atoms with Crippen molar-refractivity contribution in [1.29, 1.82) is 0 Å². The molecule has 0 aliphatic rings. The van der Waals surface area contributed by atoms with E-state index in [4.69, 9.17) is 0 Å². The van der Waals surface area contributed by atoms with Gasteiger partial charge in [-0.2, -0.15) is 0 Å². The van der Waals surface area contributed by atoms with Crippen LogP contribution in [0.1, 0.15) is 48.5 Å². The van der Waals surface area contributed by atoms with Crippen LogP contribution in [0.4, 0.5) is 0 Å². The lowest BCUT2D eigenvalue weighted by Crippen LogP contribution is -2.26.